The first-order valence-corrected chi connectivity index (χ1v) is 5.78. The van der Waals surface area contributed by atoms with Crippen LogP contribution in [0.5, 0.6) is 0 Å². The Morgan fingerprint density at radius 2 is 2.24 bits per heavy atom. The molecular weight excluding hydrogens is 224 g/mol. The number of hydrogen-bond donors (Lipinski definition) is 1. The second-order valence-corrected chi connectivity index (χ2v) is 4.07. The average molecular weight is 242 g/mol. The van der Waals surface area contributed by atoms with Crippen LogP contribution < -0.4 is 5.32 Å². The molecule has 6 nitrogen and oxygen atoms in total. The van der Waals surface area contributed by atoms with Crippen LogP contribution in [0.2, 0.25) is 0 Å². The Labute approximate surface area is 100 Å². The molecule has 0 aromatic heterocycles. The first kappa shape index (κ1) is 13.6. The van der Waals surface area contributed by atoms with Gasteiger partial charge < -0.3 is 4.74 Å². The third-order valence-electron chi connectivity index (χ3n) is 2.63. The van der Waals surface area contributed by atoms with Crippen molar-refractivity contribution in [1.29, 1.82) is 0 Å². The zero-order valence-corrected chi connectivity index (χ0v) is 10.2. The van der Waals surface area contributed by atoms with Crippen LogP contribution in [0, 0.1) is 0 Å². The highest BCUT2D eigenvalue weighted by atomic mass is 16.5. The second-order valence-electron chi connectivity index (χ2n) is 4.07. The van der Waals surface area contributed by atoms with E-state index in [1.54, 1.807) is 6.92 Å². The van der Waals surface area contributed by atoms with Gasteiger partial charge in [0.05, 0.1) is 25.7 Å². The number of amides is 2. The molecule has 1 heterocycles. The van der Waals surface area contributed by atoms with E-state index in [-0.39, 0.29) is 24.9 Å². The quantitative estimate of drug-likeness (QED) is 0.406. The predicted octanol–water partition coefficient (Wildman–Crippen LogP) is -0.323. The summed E-state index contributed by atoms with van der Waals surface area (Å²) in [4.78, 5) is 35.4. The van der Waals surface area contributed by atoms with Gasteiger partial charge in [0.15, 0.2) is 0 Å². The Hall–Kier alpha value is -1.43. The number of imide groups is 1. The van der Waals surface area contributed by atoms with E-state index in [9.17, 15) is 14.4 Å². The van der Waals surface area contributed by atoms with Crippen molar-refractivity contribution in [2.24, 2.45) is 0 Å². The number of unbranched alkanes of at least 4 members (excludes halogenated alkanes) is 1. The van der Waals surface area contributed by atoms with E-state index in [4.69, 9.17) is 4.74 Å². The van der Waals surface area contributed by atoms with Crippen LogP contribution in [-0.4, -0.2) is 48.4 Å². The summed E-state index contributed by atoms with van der Waals surface area (Å²) in [5.41, 5.74) is 0. The average Bonchev–Trinajstić information content (AvgIpc) is 2.25. The van der Waals surface area contributed by atoms with E-state index < -0.39 is 12.0 Å². The van der Waals surface area contributed by atoms with E-state index in [2.05, 4.69) is 5.32 Å². The maximum absolute atomic E-state index is 11.4. The molecule has 1 atom stereocenters. The summed E-state index contributed by atoms with van der Waals surface area (Å²) in [7, 11) is 0. The predicted molar refractivity (Wildman–Crippen MR) is 60.1 cm³/mol. The molecule has 0 spiro atoms. The molecule has 1 N–H and O–H groups in total. The maximum Gasteiger partial charge on any atom is 0.320 e. The smallest absolute Gasteiger partial charge is 0.320 e. The number of hydrogen-bond acceptors (Lipinski definition) is 5. The Bertz CT molecular complexity index is 317. The summed E-state index contributed by atoms with van der Waals surface area (Å²) in [6, 6.07) is -0.480. The van der Waals surface area contributed by atoms with Gasteiger partial charge in [-0.05, 0) is 13.3 Å². The molecule has 0 radical (unpaired) electrons. The van der Waals surface area contributed by atoms with Crippen molar-refractivity contribution < 1.29 is 19.1 Å². The molecule has 1 rings (SSSR count). The molecule has 0 aromatic rings. The molecule has 17 heavy (non-hydrogen) atoms. The molecule has 0 bridgehead atoms. The Kier molecular flexibility index (Phi) is 5.09. The van der Waals surface area contributed by atoms with Crippen molar-refractivity contribution in [3.05, 3.63) is 0 Å². The number of nitrogens with one attached hydrogen (secondary N) is 1. The Morgan fingerprint density at radius 3 is 2.88 bits per heavy atom. The normalized spacial score (nSPS) is 21.2. The highest BCUT2D eigenvalue weighted by Crippen LogP contribution is 2.04. The largest absolute Gasteiger partial charge is 0.465 e. The van der Waals surface area contributed by atoms with Crippen LogP contribution >= 0.6 is 0 Å². The molecule has 1 aliphatic heterocycles. The van der Waals surface area contributed by atoms with Crippen molar-refractivity contribution in [2.45, 2.75) is 32.7 Å². The maximum atomic E-state index is 11.4. The molecule has 1 unspecified atom stereocenters. The van der Waals surface area contributed by atoms with Gasteiger partial charge in [-0.25, -0.2) is 0 Å². The van der Waals surface area contributed by atoms with Crippen molar-refractivity contribution in [3.8, 4) is 0 Å². The molecule has 1 saturated heterocycles. The molecule has 6 heteroatoms. The lowest BCUT2D eigenvalue weighted by atomic mass is 10.2. The highest BCUT2D eigenvalue weighted by molar-refractivity contribution is 6.01. The summed E-state index contributed by atoms with van der Waals surface area (Å²) in [5, 5.41) is 2.21. The van der Waals surface area contributed by atoms with E-state index in [0.717, 1.165) is 12.8 Å². The van der Waals surface area contributed by atoms with E-state index in [1.807, 2.05) is 6.92 Å². The molecular formula is C11H18N2O4. The van der Waals surface area contributed by atoms with Gasteiger partial charge >= 0.3 is 5.97 Å². The third-order valence-corrected chi connectivity index (χ3v) is 2.63. The summed E-state index contributed by atoms with van der Waals surface area (Å²) in [6.45, 7) is 4.07. The number of piperazine rings is 1. The first-order valence-electron chi connectivity index (χ1n) is 5.78. The molecule has 1 aliphatic rings. The molecule has 0 aliphatic carbocycles. The van der Waals surface area contributed by atoms with Crippen LogP contribution in [0.3, 0.4) is 0 Å². The van der Waals surface area contributed by atoms with Crippen molar-refractivity contribution >= 4 is 17.8 Å². The molecule has 2 amide bonds. The van der Waals surface area contributed by atoms with Gasteiger partial charge in [-0.15, -0.1) is 0 Å². The summed E-state index contributed by atoms with van der Waals surface area (Å²) >= 11 is 0. The van der Waals surface area contributed by atoms with Crippen LogP contribution in [0.4, 0.5) is 0 Å². The number of carbonyl (C=O) groups excluding carboxylic acids is 3. The third kappa shape index (κ3) is 4.14. The molecule has 1 fully saturated rings. The fourth-order valence-corrected chi connectivity index (χ4v) is 1.50. The molecule has 96 valence electrons. The fourth-order valence-electron chi connectivity index (χ4n) is 1.50. The van der Waals surface area contributed by atoms with Gasteiger partial charge in [-0.2, -0.15) is 0 Å². The number of esters is 1. The van der Waals surface area contributed by atoms with Crippen molar-refractivity contribution in [3.63, 3.8) is 0 Å². The van der Waals surface area contributed by atoms with Crippen molar-refractivity contribution in [2.75, 3.05) is 19.7 Å². The van der Waals surface area contributed by atoms with Gasteiger partial charge in [-0.1, -0.05) is 13.3 Å². The van der Waals surface area contributed by atoms with Gasteiger partial charge in [0.2, 0.25) is 11.8 Å². The van der Waals surface area contributed by atoms with Crippen LogP contribution in [0.25, 0.3) is 0 Å². The number of rotatable bonds is 5. The van der Waals surface area contributed by atoms with Crippen LogP contribution in [-0.2, 0) is 19.1 Å². The van der Waals surface area contributed by atoms with Crippen LogP contribution in [0.15, 0.2) is 0 Å². The minimum atomic E-state index is -0.480. The molecule has 0 aromatic carbocycles. The minimum absolute atomic E-state index is 0.0238. The number of nitrogens with zero attached hydrogens (tertiary/aromatic N) is 1. The Balaban J connectivity index is 2.41. The topological polar surface area (TPSA) is 75.7 Å². The zero-order chi connectivity index (χ0) is 12.8. The lowest BCUT2D eigenvalue weighted by Gasteiger charge is -2.30. The lowest BCUT2D eigenvalue weighted by molar-refractivity contribution is -0.148. The number of carbonyl (C=O) groups is 3. The number of ether oxygens (including phenoxy) is 1. The SMILES string of the molecule is CCCCOC(=O)CN1CC(=O)NC(=O)C1C. The van der Waals surface area contributed by atoms with E-state index >= 15 is 0 Å². The first-order chi connectivity index (χ1) is 8.04. The lowest BCUT2D eigenvalue weighted by Crippen LogP contribution is -2.57. The van der Waals surface area contributed by atoms with Crippen molar-refractivity contribution in [1.82, 2.24) is 10.2 Å². The summed E-state index contributed by atoms with van der Waals surface area (Å²) < 4.78 is 4.98. The van der Waals surface area contributed by atoms with Crippen LogP contribution in [0.1, 0.15) is 26.7 Å². The Morgan fingerprint density at radius 1 is 1.53 bits per heavy atom. The van der Waals surface area contributed by atoms with Gasteiger partial charge in [0.1, 0.15) is 0 Å². The van der Waals surface area contributed by atoms with E-state index in [1.165, 1.54) is 4.90 Å². The van der Waals surface area contributed by atoms with Gasteiger partial charge in [0.25, 0.3) is 0 Å². The zero-order valence-electron chi connectivity index (χ0n) is 10.2. The summed E-state index contributed by atoms with van der Waals surface area (Å²) in [5.74, 6) is -1.15. The fraction of sp³-hybridized carbons (Fsp3) is 0.727. The standard InChI is InChI=1S/C11H18N2O4/c1-3-4-5-17-10(15)7-13-6-9(14)12-11(16)8(13)2/h8H,3-7H2,1-2H3,(H,12,14,16). The summed E-state index contributed by atoms with van der Waals surface area (Å²) in [6.07, 6.45) is 1.77. The van der Waals surface area contributed by atoms with Gasteiger partial charge in [-0.3, -0.25) is 24.6 Å². The van der Waals surface area contributed by atoms with Gasteiger partial charge in [0, 0.05) is 0 Å². The minimum Gasteiger partial charge on any atom is -0.465 e. The van der Waals surface area contributed by atoms with E-state index in [0.29, 0.717) is 6.61 Å². The highest BCUT2D eigenvalue weighted by Gasteiger charge is 2.31. The second kappa shape index (κ2) is 6.34. The monoisotopic (exact) mass is 242 g/mol. The molecule has 0 saturated carbocycles.